The standard InChI is InChI=1S/C16H20N4O/c1-11-6-4-5-9-20(11)14-10-13(18-19-16(14)17)12-7-2-3-8-15(12)21/h2-3,7-8,10-11,21H,4-6,9H2,1H3,(H2,17,19)/t11-/m0/s1. The van der Waals surface area contributed by atoms with Gasteiger partial charge < -0.3 is 15.7 Å². The maximum Gasteiger partial charge on any atom is 0.169 e. The molecule has 0 saturated carbocycles. The van der Waals surface area contributed by atoms with Crippen molar-refractivity contribution in [2.45, 2.75) is 32.2 Å². The van der Waals surface area contributed by atoms with Crippen molar-refractivity contribution < 1.29 is 5.11 Å². The Morgan fingerprint density at radius 2 is 2.05 bits per heavy atom. The first-order valence-corrected chi connectivity index (χ1v) is 7.35. The van der Waals surface area contributed by atoms with Crippen molar-refractivity contribution in [2.24, 2.45) is 0 Å². The SMILES string of the molecule is C[C@H]1CCCCN1c1cc(-c2ccccc2O)nnc1N. The molecule has 5 nitrogen and oxygen atoms in total. The van der Waals surface area contributed by atoms with E-state index in [4.69, 9.17) is 5.73 Å². The second-order valence-electron chi connectivity index (χ2n) is 5.56. The number of piperidine rings is 1. The largest absolute Gasteiger partial charge is 0.507 e. The van der Waals surface area contributed by atoms with Gasteiger partial charge in [0.2, 0.25) is 0 Å². The highest BCUT2D eigenvalue weighted by atomic mass is 16.3. The first kappa shape index (κ1) is 13.7. The number of aromatic hydroxyl groups is 1. The van der Waals surface area contributed by atoms with Gasteiger partial charge in [-0.05, 0) is 44.4 Å². The van der Waals surface area contributed by atoms with E-state index in [0.29, 0.717) is 23.1 Å². The average molecular weight is 284 g/mol. The number of phenolic OH excluding ortho intramolecular Hbond substituents is 1. The molecule has 2 aromatic rings. The van der Waals surface area contributed by atoms with Crippen LogP contribution in [0, 0.1) is 0 Å². The topological polar surface area (TPSA) is 75.3 Å². The Balaban J connectivity index is 2.02. The Morgan fingerprint density at radius 1 is 1.24 bits per heavy atom. The number of hydrogen-bond donors (Lipinski definition) is 2. The van der Waals surface area contributed by atoms with Crippen LogP contribution in [0.1, 0.15) is 26.2 Å². The van der Waals surface area contributed by atoms with Gasteiger partial charge in [-0.3, -0.25) is 0 Å². The number of phenols is 1. The lowest BCUT2D eigenvalue weighted by atomic mass is 10.0. The number of nitrogen functional groups attached to an aromatic ring is 1. The summed E-state index contributed by atoms with van der Waals surface area (Å²) in [4.78, 5) is 2.29. The lowest BCUT2D eigenvalue weighted by Crippen LogP contribution is -2.38. The van der Waals surface area contributed by atoms with Gasteiger partial charge in [0.25, 0.3) is 0 Å². The molecule has 1 aromatic carbocycles. The second kappa shape index (κ2) is 5.60. The van der Waals surface area contributed by atoms with Gasteiger partial charge in [-0.15, -0.1) is 10.2 Å². The minimum absolute atomic E-state index is 0.203. The monoisotopic (exact) mass is 284 g/mol. The molecule has 110 valence electrons. The van der Waals surface area contributed by atoms with Crippen LogP contribution in [0.2, 0.25) is 0 Å². The lowest BCUT2D eigenvalue weighted by Gasteiger charge is -2.35. The molecule has 5 heteroatoms. The zero-order chi connectivity index (χ0) is 14.8. The molecule has 3 N–H and O–H groups in total. The molecule has 1 fully saturated rings. The second-order valence-corrected chi connectivity index (χ2v) is 5.56. The maximum absolute atomic E-state index is 9.97. The van der Waals surface area contributed by atoms with Gasteiger partial charge in [0, 0.05) is 18.2 Å². The quantitative estimate of drug-likeness (QED) is 0.887. The summed E-state index contributed by atoms with van der Waals surface area (Å²) >= 11 is 0. The predicted octanol–water partition coefficient (Wildman–Crippen LogP) is 2.81. The van der Waals surface area contributed by atoms with Gasteiger partial charge in [-0.2, -0.15) is 0 Å². The van der Waals surface area contributed by atoms with Gasteiger partial charge in [0.1, 0.15) is 5.75 Å². The molecule has 3 rings (SSSR count). The van der Waals surface area contributed by atoms with Crippen LogP contribution in [-0.2, 0) is 0 Å². The molecule has 0 amide bonds. The molecule has 1 aromatic heterocycles. The van der Waals surface area contributed by atoms with Crippen molar-refractivity contribution in [3.8, 4) is 17.0 Å². The molecule has 0 radical (unpaired) electrons. The van der Waals surface area contributed by atoms with E-state index in [2.05, 4.69) is 22.0 Å². The molecule has 0 spiro atoms. The molecule has 1 aliphatic rings. The van der Waals surface area contributed by atoms with E-state index in [-0.39, 0.29) is 5.75 Å². The van der Waals surface area contributed by atoms with E-state index in [1.807, 2.05) is 18.2 Å². The van der Waals surface area contributed by atoms with Crippen molar-refractivity contribution in [3.63, 3.8) is 0 Å². The van der Waals surface area contributed by atoms with Crippen molar-refractivity contribution in [3.05, 3.63) is 30.3 Å². The summed E-state index contributed by atoms with van der Waals surface area (Å²) in [7, 11) is 0. The summed E-state index contributed by atoms with van der Waals surface area (Å²) < 4.78 is 0. The van der Waals surface area contributed by atoms with E-state index in [9.17, 15) is 5.11 Å². The molecule has 1 aliphatic heterocycles. The Kier molecular flexibility index (Phi) is 3.64. The minimum atomic E-state index is 0.203. The molecule has 0 unspecified atom stereocenters. The summed E-state index contributed by atoms with van der Waals surface area (Å²) in [6.07, 6.45) is 3.58. The minimum Gasteiger partial charge on any atom is -0.507 e. The Morgan fingerprint density at radius 3 is 2.81 bits per heavy atom. The summed E-state index contributed by atoms with van der Waals surface area (Å²) in [5, 5.41) is 18.2. The Hall–Kier alpha value is -2.30. The van der Waals surface area contributed by atoms with Crippen LogP contribution in [0.3, 0.4) is 0 Å². The van der Waals surface area contributed by atoms with Gasteiger partial charge in [0.15, 0.2) is 5.82 Å². The third-order valence-corrected chi connectivity index (χ3v) is 4.09. The molecule has 0 aliphatic carbocycles. The fourth-order valence-electron chi connectivity index (χ4n) is 2.90. The van der Waals surface area contributed by atoms with E-state index >= 15 is 0 Å². The van der Waals surface area contributed by atoms with Gasteiger partial charge >= 0.3 is 0 Å². The molecule has 2 heterocycles. The smallest absolute Gasteiger partial charge is 0.169 e. The Bertz CT molecular complexity index is 644. The van der Waals surface area contributed by atoms with E-state index in [1.54, 1.807) is 12.1 Å². The molecule has 0 bridgehead atoms. The molecular formula is C16H20N4O. The molecule has 21 heavy (non-hydrogen) atoms. The fourth-order valence-corrected chi connectivity index (χ4v) is 2.90. The van der Waals surface area contributed by atoms with Crippen LogP contribution in [0.5, 0.6) is 5.75 Å². The average Bonchev–Trinajstić information content (AvgIpc) is 2.49. The van der Waals surface area contributed by atoms with Crippen LogP contribution in [0.4, 0.5) is 11.5 Å². The van der Waals surface area contributed by atoms with E-state index in [1.165, 1.54) is 6.42 Å². The predicted molar refractivity (Wildman–Crippen MR) is 84.2 cm³/mol. The number of anilines is 2. The number of para-hydroxylation sites is 1. The third-order valence-electron chi connectivity index (χ3n) is 4.09. The number of benzene rings is 1. The van der Waals surface area contributed by atoms with Gasteiger partial charge in [0.05, 0.1) is 11.4 Å². The summed E-state index contributed by atoms with van der Waals surface area (Å²) in [5.41, 5.74) is 8.26. The number of hydrogen-bond acceptors (Lipinski definition) is 5. The zero-order valence-corrected chi connectivity index (χ0v) is 12.2. The summed E-state index contributed by atoms with van der Waals surface area (Å²) in [5.74, 6) is 0.650. The van der Waals surface area contributed by atoms with Crippen LogP contribution >= 0.6 is 0 Å². The van der Waals surface area contributed by atoms with Crippen molar-refractivity contribution in [1.82, 2.24) is 10.2 Å². The fraction of sp³-hybridized carbons (Fsp3) is 0.375. The first-order valence-electron chi connectivity index (χ1n) is 7.35. The lowest BCUT2D eigenvalue weighted by molar-refractivity contribution is 0.477. The number of nitrogens with zero attached hydrogens (tertiary/aromatic N) is 3. The van der Waals surface area contributed by atoms with E-state index < -0.39 is 0 Å². The van der Waals surface area contributed by atoms with Crippen LogP contribution in [0.15, 0.2) is 30.3 Å². The molecule has 1 saturated heterocycles. The Labute approximate surface area is 124 Å². The van der Waals surface area contributed by atoms with E-state index in [0.717, 1.165) is 25.1 Å². The van der Waals surface area contributed by atoms with Crippen molar-refractivity contribution >= 4 is 11.5 Å². The zero-order valence-electron chi connectivity index (χ0n) is 12.2. The van der Waals surface area contributed by atoms with Crippen molar-refractivity contribution in [2.75, 3.05) is 17.2 Å². The first-order chi connectivity index (χ1) is 10.2. The number of aromatic nitrogens is 2. The highest BCUT2D eigenvalue weighted by Crippen LogP contribution is 2.33. The number of nitrogens with two attached hydrogens (primary N) is 1. The van der Waals surface area contributed by atoms with Crippen LogP contribution in [-0.4, -0.2) is 27.9 Å². The highest BCUT2D eigenvalue weighted by Gasteiger charge is 2.22. The summed E-state index contributed by atoms with van der Waals surface area (Å²) in [6, 6.07) is 9.52. The normalized spacial score (nSPS) is 18.7. The summed E-state index contributed by atoms with van der Waals surface area (Å²) in [6.45, 7) is 3.19. The highest BCUT2D eigenvalue weighted by molar-refractivity contribution is 5.74. The van der Waals surface area contributed by atoms with Crippen LogP contribution < -0.4 is 10.6 Å². The van der Waals surface area contributed by atoms with Crippen molar-refractivity contribution in [1.29, 1.82) is 0 Å². The van der Waals surface area contributed by atoms with Gasteiger partial charge in [-0.25, -0.2) is 0 Å². The molecule has 1 atom stereocenters. The molecular weight excluding hydrogens is 264 g/mol. The van der Waals surface area contributed by atoms with Gasteiger partial charge in [-0.1, -0.05) is 12.1 Å². The third kappa shape index (κ3) is 2.63. The van der Waals surface area contributed by atoms with Crippen LogP contribution in [0.25, 0.3) is 11.3 Å². The number of rotatable bonds is 2. The maximum atomic E-state index is 9.97.